The summed E-state index contributed by atoms with van der Waals surface area (Å²) in [5.41, 5.74) is 2.37. The summed E-state index contributed by atoms with van der Waals surface area (Å²) in [5.74, 6) is 0. The number of aromatic nitrogens is 1. The summed E-state index contributed by atoms with van der Waals surface area (Å²) in [4.78, 5) is 14.1. The van der Waals surface area contributed by atoms with Crippen molar-refractivity contribution in [2.75, 3.05) is 13.6 Å². The van der Waals surface area contributed by atoms with Crippen LogP contribution in [0.2, 0.25) is 0 Å². The number of rotatable bonds is 3. The average Bonchev–Trinajstić information content (AvgIpc) is 2.76. The van der Waals surface area contributed by atoms with Crippen LogP contribution in [-0.4, -0.2) is 24.6 Å². The summed E-state index contributed by atoms with van der Waals surface area (Å²) in [6.07, 6.45) is 2.77. The van der Waals surface area contributed by atoms with Crippen molar-refractivity contribution in [3.63, 3.8) is 0 Å². The minimum atomic E-state index is -0.136. The van der Waals surface area contributed by atoms with Gasteiger partial charge in [0.05, 0.1) is 0 Å². The molecule has 1 heterocycles. The van der Waals surface area contributed by atoms with Crippen molar-refractivity contribution in [3.05, 3.63) is 36.0 Å². The molecule has 16 heavy (non-hydrogen) atoms. The Labute approximate surface area is 94.0 Å². The molecule has 2 rings (SSSR count). The van der Waals surface area contributed by atoms with E-state index in [1.165, 1.54) is 10.9 Å². The standard InChI is InChI=1S/C12H15N3O/c1-13-12(16)15-6-4-9-2-3-11-10(8-9)5-7-14-11/h2-3,5,7-8,14H,4,6H2,1H3,(H2,13,15,16). The molecule has 0 aliphatic carbocycles. The fourth-order valence-corrected chi connectivity index (χ4v) is 1.67. The monoisotopic (exact) mass is 217 g/mol. The third kappa shape index (κ3) is 2.34. The number of H-pyrrole nitrogens is 1. The van der Waals surface area contributed by atoms with Crippen molar-refractivity contribution in [3.8, 4) is 0 Å². The van der Waals surface area contributed by atoms with Gasteiger partial charge in [0.1, 0.15) is 0 Å². The van der Waals surface area contributed by atoms with Crippen LogP contribution < -0.4 is 10.6 Å². The SMILES string of the molecule is CNC(=O)NCCc1ccc2[nH]ccc2c1. The van der Waals surface area contributed by atoms with E-state index in [-0.39, 0.29) is 6.03 Å². The van der Waals surface area contributed by atoms with Gasteiger partial charge >= 0.3 is 6.03 Å². The van der Waals surface area contributed by atoms with Crippen LogP contribution in [0, 0.1) is 0 Å². The highest BCUT2D eigenvalue weighted by Gasteiger charge is 1.99. The number of hydrogen-bond donors (Lipinski definition) is 3. The molecule has 0 radical (unpaired) electrons. The van der Waals surface area contributed by atoms with Crippen LogP contribution in [0.25, 0.3) is 10.9 Å². The van der Waals surface area contributed by atoms with E-state index in [1.54, 1.807) is 7.05 Å². The Hall–Kier alpha value is -1.97. The Kier molecular flexibility index (Phi) is 3.10. The highest BCUT2D eigenvalue weighted by Crippen LogP contribution is 2.14. The molecule has 0 bridgehead atoms. The first-order valence-electron chi connectivity index (χ1n) is 5.31. The van der Waals surface area contributed by atoms with Crippen LogP contribution in [-0.2, 0) is 6.42 Å². The van der Waals surface area contributed by atoms with E-state index in [0.717, 1.165) is 11.9 Å². The Bertz CT molecular complexity index is 490. The first kappa shape index (κ1) is 10.5. The number of fused-ring (bicyclic) bond motifs is 1. The van der Waals surface area contributed by atoms with Crippen molar-refractivity contribution in [1.82, 2.24) is 15.6 Å². The van der Waals surface area contributed by atoms with Gasteiger partial charge in [0.2, 0.25) is 0 Å². The minimum absolute atomic E-state index is 0.136. The van der Waals surface area contributed by atoms with Gasteiger partial charge in [-0.15, -0.1) is 0 Å². The van der Waals surface area contributed by atoms with Gasteiger partial charge < -0.3 is 15.6 Å². The molecule has 84 valence electrons. The maximum absolute atomic E-state index is 10.9. The molecule has 0 saturated heterocycles. The zero-order valence-corrected chi connectivity index (χ0v) is 9.21. The summed E-state index contributed by atoms with van der Waals surface area (Å²) in [7, 11) is 1.61. The van der Waals surface area contributed by atoms with Crippen LogP contribution >= 0.6 is 0 Å². The van der Waals surface area contributed by atoms with Gasteiger partial charge in [-0.3, -0.25) is 0 Å². The molecule has 4 nitrogen and oxygen atoms in total. The third-order valence-corrected chi connectivity index (χ3v) is 2.54. The molecule has 0 saturated carbocycles. The number of carbonyl (C=O) groups excluding carboxylic acids is 1. The van der Waals surface area contributed by atoms with Crippen molar-refractivity contribution in [1.29, 1.82) is 0 Å². The van der Waals surface area contributed by atoms with Gasteiger partial charge in [0, 0.05) is 25.3 Å². The summed E-state index contributed by atoms with van der Waals surface area (Å²) < 4.78 is 0. The number of nitrogens with one attached hydrogen (secondary N) is 3. The number of urea groups is 1. The maximum atomic E-state index is 10.9. The first-order valence-corrected chi connectivity index (χ1v) is 5.31. The molecule has 0 unspecified atom stereocenters. The topological polar surface area (TPSA) is 56.9 Å². The Morgan fingerprint density at radius 1 is 1.38 bits per heavy atom. The summed E-state index contributed by atoms with van der Waals surface area (Å²) in [5, 5.41) is 6.49. The van der Waals surface area contributed by atoms with Crippen LogP contribution in [0.3, 0.4) is 0 Å². The smallest absolute Gasteiger partial charge is 0.314 e. The summed E-state index contributed by atoms with van der Waals surface area (Å²) in [6.45, 7) is 0.648. The molecule has 0 atom stereocenters. The molecular weight excluding hydrogens is 202 g/mol. The molecular formula is C12H15N3O. The first-order chi connectivity index (χ1) is 7.79. The van der Waals surface area contributed by atoms with Crippen LogP contribution in [0.15, 0.2) is 30.5 Å². The second-order valence-electron chi connectivity index (χ2n) is 3.66. The van der Waals surface area contributed by atoms with Gasteiger partial charge in [0.15, 0.2) is 0 Å². The zero-order chi connectivity index (χ0) is 11.4. The molecule has 0 spiro atoms. The van der Waals surface area contributed by atoms with Gasteiger partial charge in [0.25, 0.3) is 0 Å². The number of aromatic amines is 1. The third-order valence-electron chi connectivity index (χ3n) is 2.54. The largest absolute Gasteiger partial charge is 0.361 e. The number of hydrogen-bond acceptors (Lipinski definition) is 1. The second kappa shape index (κ2) is 4.70. The fraction of sp³-hybridized carbons (Fsp3) is 0.250. The quantitative estimate of drug-likeness (QED) is 0.719. The molecule has 1 aromatic heterocycles. The molecule has 0 aliphatic heterocycles. The van der Waals surface area contributed by atoms with E-state index < -0.39 is 0 Å². The van der Waals surface area contributed by atoms with E-state index in [9.17, 15) is 4.79 Å². The van der Waals surface area contributed by atoms with E-state index in [2.05, 4.69) is 33.8 Å². The highest BCUT2D eigenvalue weighted by atomic mass is 16.2. The molecule has 2 aromatic rings. The van der Waals surface area contributed by atoms with Gasteiger partial charge in [-0.25, -0.2) is 4.79 Å². The Balaban J connectivity index is 1.96. The number of benzene rings is 1. The minimum Gasteiger partial charge on any atom is -0.361 e. The summed E-state index contributed by atoms with van der Waals surface area (Å²) in [6, 6.07) is 8.18. The van der Waals surface area contributed by atoms with E-state index in [4.69, 9.17) is 0 Å². The normalized spacial score (nSPS) is 10.3. The van der Waals surface area contributed by atoms with Crippen LogP contribution in [0.5, 0.6) is 0 Å². The highest BCUT2D eigenvalue weighted by molar-refractivity contribution is 5.80. The lowest BCUT2D eigenvalue weighted by atomic mass is 10.1. The average molecular weight is 217 g/mol. The molecule has 0 aliphatic rings. The van der Waals surface area contributed by atoms with E-state index >= 15 is 0 Å². The molecule has 3 N–H and O–H groups in total. The molecule has 4 heteroatoms. The van der Waals surface area contributed by atoms with Gasteiger partial charge in [-0.2, -0.15) is 0 Å². The van der Waals surface area contributed by atoms with Crippen molar-refractivity contribution >= 4 is 16.9 Å². The summed E-state index contributed by atoms with van der Waals surface area (Å²) >= 11 is 0. The van der Waals surface area contributed by atoms with E-state index in [0.29, 0.717) is 6.54 Å². The number of amides is 2. The predicted molar refractivity (Wildman–Crippen MR) is 64.5 cm³/mol. The number of carbonyl (C=O) groups is 1. The van der Waals surface area contributed by atoms with Gasteiger partial charge in [-0.1, -0.05) is 6.07 Å². The molecule has 2 amide bonds. The van der Waals surface area contributed by atoms with Crippen molar-refractivity contribution < 1.29 is 4.79 Å². The Morgan fingerprint density at radius 2 is 2.25 bits per heavy atom. The Morgan fingerprint density at radius 3 is 3.06 bits per heavy atom. The zero-order valence-electron chi connectivity index (χ0n) is 9.21. The van der Waals surface area contributed by atoms with Crippen LogP contribution in [0.1, 0.15) is 5.56 Å². The van der Waals surface area contributed by atoms with Crippen molar-refractivity contribution in [2.24, 2.45) is 0 Å². The maximum Gasteiger partial charge on any atom is 0.314 e. The predicted octanol–water partition coefficient (Wildman–Crippen LogP) is 1.64. The lowest BCUT2D eigenvalue weighted by Crippen LogP contribution is -2.33. The lowest BCUT2D eigenvalue weighted by Gasteiger charge is -2.04. The fourth-order valence-electron chi connectivity index (χ4n) is 1.67. The van der Waals surface area contributed by atoms with E-state index in [1.807, 2.05) is 12.3 Å². The van der Waals surface area contributed by atoms with Crippen molar-refractivity contribution in [2.45, 2.75) is 6.42 Å². The second-order valence-corrected chi connectivity index (χ2v) is 3.66. The van der Waals surface area contributed by atoms with Gasteiger partial charge in [-0.05, 0) is 35.6 Å². The lowest BCUT2D eigenvalue weighted by molar-refractivity contribution is 0.243. The molecule has 1 aromatic carbocycles. The van der Waals surface area contributed by atoms with Crippen LogP contribution in [0.4, 0.5) is 4.79 Å². The molecule has 0 fully saturated rings.